The molecule has 5 atom stereocenters. The van der Waals surface area contributed by atoms with Crippen LogP contribution in [0.5, 0.6) is 0 Å². The van der Waals surface area contributed by atoms with Crippen molar-refractivity contribution in [2.45, 2.75) is 55.8 Å². The van der Waals surface area contributed by atoms with Gasteiger partial charge in [0.1, 0.15) is 11.8 Å². The minimum Gasteiger partial charge on any atom is -0.453 e. The summed E-state index contributed by atoms with van der Waals surface area (Å²) in [5.74, 6) is 0. The van der Waals surface area contributed by atoms with Gasteiger partial charge < -0.3 is 14.8 Å². The molecule has 0 radical (unpaired) electrons. The van der Waals surface area contributed by atoms with E-state index in [1.807, 2.05) is 11.0 Å². The SMILES string of the molecule is CC=C1CC2C[C@@H]3N(C1)[C@H]1CC4(c5ccccc5N[C@@]34O1)N2C(=O)OC. The molecule has 5 aliphatic rings. The zero-order valence-corrected chi connectivity index (χ0v) is 15.1. The predicted molar refractivity (Wildman–Crippen MR) is 95.5 cm³/mol. The van der Waals surface area contributed by atoms with Crippen LogP contribution in [0.15, 0.2) is 35.9 Å². The van der Waals surface area contributed by atoms with Gasteiger partial charge in [0.25, 0.3) is 0 Å². The second kappa shape index (κ2) is 4.61. The van der Waals surface area contributed by atoms with Gasteiger partial charge in [-0.2, -0.15) is 0 Å². The van der Waals surface area contributed by atoms with E-state index in [0.717, 1.165) is 31.5 Å². The van der Waals surface area contributed by atoms with Crippen molar-refractivity contribution in [1.82, 2.24) is 9.80 Å². The van der Waals surface area contributed by atoms with Crippen molar-refractivity contribution in [3.8, 4) is 0 Å². The maximum Gasteiger partial charge on any atom is 0.410 e. The zero-order valence-electron chi connectivity index (χ0n) is 15.1. The third kappa shape index (κ3) is 1.40. The number of carbonyl (C=O) groups excluding carboxylic acids is 1. The number of methoxy groups -OCH3 is 1. The topological polar surface area (TPSA) is 54.0 Å². The number of amides is 1. The Hall–Kier alpha value is -2.05. The number of allylic oxidation sites excluding steroid dienone is 1. The lowest BCUT2D eigenvalue weighted by molar-refractivity contribution is -0.106. The first-order valence-electron chi connectivity index (χ1n) is 9.47. The Labute approximate surface area is 152 Å². The Morgan fingerprint density at radius 1 is 1.42 bits per heavy atom. The molecular weight excluding hydrogens is 330 g/mol. The predicted octanol–water partition coefficient (Wildman–Crippen LogP) is 2.63. The van der Waals surface area contributed by atoms with E-state index in [1.165, 1.54) is 18.2 Å². The van der Waals surface area contributed by atoms with Crippen LogP contribution < -0.4 is 5.32 Å². The summed E-state index contributed by atoms with van der Waals surface area (Å²) in [4.78, 5) is 17.6. The molecule has 1 amide bonds. The van der Waals surface area contributed by atoms with Crippen LogP contribution in [-0.2, 0) is 15.0 Å². The van der Waals surface area contributed by atoms with Gasteiger partial charge in [0.05, 0.1) is 13.2 Å². The lowest BCUT2D eigenvalue weighted by Crippen LogP contribution is -2.74. The van der Waals surface area contributed by atoms with E-state index < -0.39 is 11.3 Å². The fourth-order valence-corrected chi connectivity index (χ4v) is 6.39. The molecule has 6 nitrogen and oxygen atoms in total. The number of fused-ring (bicyclic) bond motifs is 4. The Kier molecular flexibility index (Phi) is 2.67. The molecule has 2 unspecified atom stereocenters. The summed E-state index contributed by atoms with van der Waals surface area (Å²) in [7, 11) is 1.49. The molecule has 5 aliphatic heterocycles. The Morgan fingerprint density at radius 2 is 2.27 bits per heavy atom. The number of anilines is 1. The van der Waals surface area contributed by atoms with Crippen LogP contribution in [0.1, 0.15) is 31.7 Å². The first-order chi connectivity index (χ1) is 12.6. The van der Waals surface area contributed by atoms with Gasteiger partial charge in [-0.1, -0.05) is 29.8 Å². The highest BCUT2D eigenvalue weighted by Crippen LogP contribution is 2.68. The number of ether oxygens (including phenoxy) is 2. The molecule has 4 bridgehead atoms. The van der Waals surface area contributed by atoms with Crippen LogP contribution in [0.2, 0.25) is 0 Å². The molecule has 6 heteroatoms. The zero-order chi connectivity index (χ0) is 17.7. The van der Waals surface area contributed by atoms with E-state index in [1.54, 1.807) is 0 Å². The van der Waals surface area contributed by atoms with Gasteiger partial charge in [-0.05, 0) is 25.8 Å². The average Bonchev–Trinajstić information content (AvgIpc) is 3.19. The molecule has 136 valence electrons. The van der Waals surface area contributed by atoms with E-state index in [2.05, 4.69) is 41.4 Å². The highest BCUT2D eigenvalue weighted by atomic mass is 16.6. The van der Waals surface area contributed by atoms with Gasteiger partial charge >= 0.3 is 6.09 Å². The lowest BCUT2D eigenvalue weighted by Gasteiger charge is -2.57. The first-order valence-corrected chi connectivity index (χ1v) is 9.47. The van der Waals surface area contributed by atoms with Gasteiger partial charge in [-0.15, -0.1) is 0 Å². The van der Waals surface area contributed by atoms with Crippen molar-refractivity contribution >= 4 is 11.8 Å². The Bertz CT molecular complexity index is 854. The van der Waals surface area contributed by atoms with Gasteiger partial charge in [0.15, 0.2) is 5.72 Å². The number of rotatable bonds is 0. The molecule has 1 aromatic rings. The number of para-hydroxylation sites is 1. The summed E-state index contributed by atoms with van der Waals surface area (Å²) in [6.45, 7) is 3.02. The van der Waals surface area contributed by atoms with Crippen LogP contribution in [0.4, 0.5) is 10.5 Å². The molecule has 0 aromatic heterocycles. The molecule has 1 aromatic carbocycles. The second-order valence-corrected chi connectivity index (χ2v) is 8.11. The van der Waals surface area contributed by atoms with Crippen LogP contribution in [0.25, 0.3) is 0 Å². The van der Waals surface area contributed by atoms with E-state index >= 15 is 0 Å². The highest BCUT2D eigenvalue weighted by molar-refractivity contribution is 5.76. The highest BCUT2D eigenvalue weighted by Gasteiger charge is 2.80. The number of likely N-dealkylation sites (tertiary alicyclic amines) is 1. The number of piperidine rings is 2. The maximum atomic E-state index is 13.1. The molecule has 4 saturated heterocycles. The van der Waals surface area contributed by atoms with Gasteiger partial charge in [-0.25, -0.2) is 4.79 Å². The van der Waals surface area contributed by atoms with E-state index in [9.17, 15) is 4.79 Å². The summed E-state index contributed by atoms with van der Waals surface area (Å²) >= 11 is 0. The fourth-order valence-electron chi connectivity index (χ4n) is 6.39. The fraction of sp³-hybridized carbons (Fsp3) is 0.550. The Morgan fingerprint density at radius 3 is 3.08 bits per heavy atom. The monoisotopic (exact) mass is 353 g/mol. The van der Waals surface area contributed by atoms with Crippen molar-refractivity contribution in [2.75, 3.05) is 19.0 Å². The summed E-state index contributed by atoms with van der Waals surface area (Å²) < 4.78 is 12.0. The Balaban J connectivity index is 1.64. The maximum absolute atomic E-state index is 13.1. The average molecular weight is 353 g/mol. The minimum absolute atomic E-state index is 0.0296. The van der Waals surface area contributed by atoms with Crippen molar-refractivity contribution in [1.29, 1.82) is 0 Å². The van der Waals surface area contributed by atoms with Crippen LogP contribution in [-0.4, -0.2) is 53.6 Å². The lowest BCUT2D eigenvalue weighted by atomic mass is 9.68. The van der Waals surface area contributed by atoms with Gasteiger partial charge in [0, 0.05) is 30.3 Å². The number of hydrogen-bond acceptors (Lipinski definition) is 5. The summed E-state index contributed by atoms with van der Waals surface area (Å²) in [6.07, 6.45) is 4.59. The van der Waals surface area contributed by atoms with E-state index in [0.29, 0.717) is 0 Å². The first kappa shape index (κ1) is 15.1. The van der Waals surface area contributed by atoms with Gasteiger partial charge in [0.2, 0.25) is 0 Å². The van der Waals surface area contributed by atoms with Crippen LogP contribution in [0.3, 0.4) is 0 Å². The number of benzene rings is 1. The quantitative estimate of drug-likeness (QED) is 0.727. The van der Waals surface area contributed by atoms with E-state index in [-0.39, 0.29) is 24.4 Å². The van der Waals surface area contributed by atoms with Crippen molar-refractivity contribution in [3.63, 3.8) is 0 Å². The molecule has 6 rings (SSSR count). The summed E-state index contributed by atoms with van der Waals surface area (Å²) in [6, 6.07) is 8.74. The number of nitrogens with one attached hydrogen (secondary N) is 1. The molecule has 1 spiro atoms. The van der Waals surface area contributed by atoms with Crippen molar-refractivity contribution < 1.29 is 14.3 Å². The third-order valence-electron chi connectivity index (χ3n) is 7.27. The smallest absolute Gasteiger partial charge is 0.410 e. The van der Waals surface area contributed by atoms with Gasteiger partial charge in [-0.3, -0.25) is 9.80 Å². The van der Waals surface area contributed by atoms with E-state index in [4.69, 9.17) is 9.47 Å². The minimum atomic E-state index is -0.574. The molecule has 4 fully saturated rings. The number of hydrogen-bond donors (Lipinski definition) is 1. The molecular formula is C20H23N3O3. The normalized spacial score (nSPS) is 43.2. The molecule has 0 saturated carbocycles. The number of nitrogens with zero attached hydrogens (tertiary/aromatic N) is 2. The molecule has 1 N–H and O–H groups in total. The summed E-state index contributed by atoms with van der Waals surface area (Å²) in [5, 5.41) is 3.72. The van der Waals surface area contributed by atoms with Crippen LogP contribution in [0, 0.1) is 0 Å². The molecule has 26 heavy (non-hydrogen) atoms. The van der Waals surface area contributed by atoms with Crippen molar-refractivity contribution in [3.05, 3.63) is 41.5 Å². The largest absolute Gasteiger partial charge is 0.453 e. The molecule has 5 heterocycles. The standard InChI is InChI=1S/C20H23N3O3/c1-3-12-8-13-9-16-20-19(23(13)18(24)25-2,10-17(26-20)22(16)11-12)14-6-4-5-7-15(14)21-20/h3-7,13,16-17,21H,8-11H2,1-2H3/t13?,16-,17+,19?,20+/m0/s1. The van der Waals surface area contributed by atoms with Crippen LogP contribution >= 0.6 is 0 Å². The summed E-state index contributed by atoms with van der Waals surface area (Å²) in [5.41, 5.74) is 2.57. The third-order valence-corrected chi connectivity index (χ3v) is 7.27. The van der Waals surface area contributed by atoms with Crippen molar-refractivity contribution in [2.24, 2.45) is 0 Å². The number of carbonyl (C=O) groups is 1. The molecule has 0 aliphatic carbocycles. The second-order valence-electron chi connectivity index (χ2n) is 8.11.